The minimum absolute atomic E-state index is 0.181. The maximum Gasteiger partial charge on any atom is 0.451 e. The lowest BCUT2D eigenvalue weighted by Gasteiger charge is -2.06. The van der Waals surface area contributed by atoms with Gasteiger partial charge in [0.1, 0.15) is 5.69 Å². The number of fused-ring (bicyclic) bond motifs is 3. The van der Waals surface area contributed by atoms with Crippen LogP contribution >= 0.6 is 0 Å². The van der Waals surface area contributed by atoms with E-state index < -0.39 is 17.8 Å². The summed E-state index contributed by atoms with van der Waals surface area (Å²) in [5.74, 6) is -1.97. The average Bonchev–Trinajstić information content (AvgIpc) is 2.70. The van der Waals surface area contributed by atoms with Crippen molar-refractivity contribution in [2.24, 2.45) is 0 Å². The van der Waals surface area contributed by atoms with Crippen molar-refractivity contribution in [2.75, 3.05) is 0 Å². The minimum Gasteiger partial charge on any atom is -0.287 e. The number of nitrogens with zero attached hydrogens (tertiary/aromatic N) is 3. The number of hydrogen-bond donors (Lipinski definition) is 0. The fourth-order valence-corrected chi connectivity index (χ4v) is 2.26. The first-order chi connectivity index (χ1) is 9.82. The summed E-state index contributed by atoms with van der Waals surface area (Å²) in [7, 11) is 0. The number of aromatic nitrogens is 2. The molecule has 0 saturated heterocycles. The highest BCUT2D eigenvalue weighted by Gasteiger charge is 2.38. The van der Waals surface area contributed by atoms with E-state index in [1.165, 1.54) is 6.07 Å². The third-order valence-corrected chi connectivity index (χ3v) is 3.28. The van der Waals surface area contributed by atoms with Gasteiger partial charge < -0.3 is 0 Å². The van der Waals surface area contributed by atoms with E-state index in [0.717, 1.165) is 6.20 Å². The summed E-state index contributed by atoms with van der Waals surface area (Å²) in [6, 6.07) is 4.91. The molecule has 1 aromatic carbocycles. The lowest BCUT2D eigenvalue weighted by molar-refractivity contribution is -0.145. The predicted molar refractivity (Wildman–Crippen MR) is 65.4 cm³/mol. The predicted octanol–water partition coefficient (Wildman–Crippen LogP) is 2.89. The van der Waals surface area contributed by atoms with E-state index in [4.69, 9.17) is 5.26 Å². The van der Waals surface area contributed by atoms with Crippen molar-refractivity contribution in [3.8, 4) is 17.2 Å². The Hall–Kier alpha value is -2.75. The molecule has 21 heavy (non-hydrogen) atoms. The van der Waals surface area contributed by atoms with Crippen LogP contribution in [-0.4, -0.2) is 15.8 Å². The van der Waals surface area contributed by atoms with Crippen LogP contribution in [0.25, 0.3) is 11.1 Å². The maximum absolute atomic E-state index is 12.6. The lowest BCUT2D eigenvalue weighted by atomic mass is 10.00. The van der Waals surface area contributed by atoms with Crippen LogP contribution in [-0.2, 0) is 6.18 Å². The molecule has 0 spiro atoms. The quantitative estimate of drug-likeness (QED) is 0.638. The Labute approximate surface area is 116 Å². The number of halogens is 3. The molecule has 0 saturated carbocycles. The highest BCUT2D eigenvalue weighted by Crippen LogP contribution is 2.38. The largest absolute Gasteiger partial charge is 0.451 e. The molecular weight excluding hydrogens is 283 g/mol. The number of carbonyl (C=O) groups excluding carboxylic acids is 1. The van der Waals surface area contributed by atoms with E-state index in [1.807, 2.05) is 6.07 Å². The van der Waals surface area contributed by atoms with E-state index in [-0.39, 0.29) is 16.8 Å². The van der Waals surface area contributed by atoms with Crippen LogP contribution in [0, 0.1) is 18.3 Å². The molecule has 1 aliphatic rings. The van der Waals surface area contributed by atoms with Crippen molar-refractivity contribution < 1.29 is 18.0 Å². The van der Waals surface area contributed by atoms with E-state index in [0.29, 0.717) is 16.7 Å². The molecule has 0 aliphatic heterocycles. The topological polar surface area (TPSA) is 66.6 Å². The second-order valence-corrected chi connectivity index (χ2v) is 4.61. The van der Waals surface area contributed by atoms with Gasteiger partial charge in [-0.05, 0) is 30.2 Å². The van der Waals surface area contributed by atoms with Gasteiger partial charge in [0.15, 0.2) is 0 Å². The highest BCUT2D eigenvalue weighted by molar-refractivity contribution is 6.20. The molecule has 0 unspecified atom stereocenters. The van der Waals surface area contributed by atoms with Gasteiger partial charge in [-0.15, -0.1) is 0 Å². The van der Waals surface area contributed by atoms with Crippen LogP contribution in [0.1, 0.15) is 33.0 Å². The Morgan fingerprint density at radius 3 is 2.52 bits per heavy atom. The van der Waals surface area contributed by atoms with E-state index in [2.05, 4.69) is 9.97 Å². The highest BCUT2D eigenvalue weighted by atomic mass is 19.4. The molecule has 0 fully saturated rings. The fraction of sp³-hybridized carbons (Fsp3) is 0.143. The number of alkyl halides is 3. The van der Waals surface area contributed by atoms with Crippen molar-refractivity contribution in [2.45, 2.75) is 13.1 Å². The van der Waals surface area contributed by atoms with Crippen LogP contribution in [0.3, 0.4) is 0 Å². The third-order valence-electron chi connectivity index (χ3n) is 3.28. The first-order valence-electron chi connectivity index (χ1n) is 5.87. The van der Waals surface area contributed by atoms with Crippen molar-refractivity contribution >= 4 is 5.78 Å². The second-order valence-electron chi connectivity index (χ2n) is 4.61. The molecule has 1 heterocycles. The SMILES string of the molecule is Cc1cc2c(cc1C#N)C(=O)c1nc(C(F)(F)F)ncc1-2. The Kier molecular flexibility index (Phi) is 2.60. The molecule has 0 bridgehead atoms. The molecule has 2 aromatic rings. The zero-order chi connectivity index (χ0) is 15.4. The summed E-state index contributed by atoms with van der Waals surface area (Å²) < 4.78 is 37.8. The molecule has 0 atom stereocenters. The zero-order valence-electron chi connectivity index (χ0n) is 10.6. The van der Waals surface area contributed by atoms with Gasteiger partial charge in [-0.25, -0.2) is 9.97 Å². The molecule has 1 aromatic heterocycles. The average molecular weight is 289 g/mol. The Bertz CT molecular complexity index is 835. The summed E-state index contributed by atoms with van der Waals surface area (Å²) in [6.07, 6.45) is -3.71. The van der Waals surface area contributed by atoms with Crippen LogP contribution in [0.15, 0.2) is 18.3 Å². The monoisotopic (exact) mass is 289 g/mol. The Morgan fingerprint density at radius 2 is 1.90 bits per heavy atom. The Balaban J connectivity index is 2.24. The summed E-state index contributed by atoms with van der Waals surface area (Å²) in [5, 5.41) is 8.97. The molecular formula is C14H6F3N3O. The zero-order valence-corrected chi connectivity index (χ0v) is 10.6. The number of ketones is 1. The van der Waals surface area contributed by atoms with E-state index >= 15 is 0 Å². The molecule has 0 radical (unpaired) electrons. The molecule has 3 rings (SSSR count). The van der Waals surface area contributed by atoms with Gasteiger partial charge in [-0.1, -0.05) is 0 Å². The van der Waals surface area contributed by atoms with Gasteiger partial charge in [0.2, 0.25) is 11.6 Å². The minimum atomic E-state index is -4.71. The smallest absolute Gasteiger partial charge is 0.287 e. The van der Waals surface area contributed by atoms with Gasteiger partial charge in [0, 0.05) is 17.3 Å². The van der Waals surface area contributed by atoms with Gasteiger partial charge in [-0.3, -0.25) is 4.79 Å². The van der Waals surface area contributed by atoms with Crippen LogP contribution in [0.5, 0.6) is 0 Å². The summed E-state index contributed by atoms with van der Waals surface area (Å²) in [6.45, 7) is 1.69. The third kappa shape index (κ3) is 1.88. The number of hydrogen-bond acceptors (Lipinski definition) is 4. The van der Waals surface area contributed by atoms with Crippen LogP contribution in [0.2, 0.25) is 0 Å². The van der Waals surface area contributed by atoms with Crippen LogP contribution in [0.4, 0.5) is 13.2 Å². The summed E-state index contributed by atoms with van der Waals surface area (Å²) >= 11 is 0. The first-order valence-corrected chi connectivity index (χ1v) is 5.87. The van der Waals surface area contributed by atoms with Gasteiger partial charge in [0.25, 0.3) is 0 Å². The number of nitriles is 1. The van der Waals surface area contributed by atoms with E-state index in [9.17, 15) is 18.0 Å². The normalized spacial score (nSPS) is 12.8. The fourth-order valence-electron chi connectivity index (χ4n) is 2.26. The Morgan fingerprint density at radius 1 is 1.19 bits per heavy atom. The summed E-state index contributed by atoms with van der Waals surface area (Å²) in [5.41, 5.74) is 1.56. The first kappa shape index (κ1) is 13.2. The lowest BCUT2D eigenvalue weighted by Crippen LogP contribution is -2.13. The molecule has 4 nitrogen and oxygen atoms in total. The van der Waals surface area contributed by atoms with Crippen molar-refractivity contribution in [1.29, 1.82) is 5.26 Å². The molecule has 104 valence electrons. The maximum atomic E-state index is 12.6. The second kappa shape index (κ2) is 4.12. The van der Waals surface area contributed by atoms with Crippen molar-refractivity contribution in [3.63, 3.8) is 0 Å². The van der Waals surface area contributed by atoms with Crippen molar-refractivity contribution in [1.82, 2.24) is 9.97 Å². The number of rotatable bonds is 0. The number of carbonyl (C=O) groups is 1. The van der Waals surface area contributed by atoms with E-state index in [1.54, 1.807) is 13.0 Å². The summed E-state index contributed by atoms with van der Waals surface area (Å²) in [4.78, 5) is 18.8. The molecule has 1 aliphatic carbocycles. The standard InChI is InChI=1S/C14H6F3N3O/c1-6-2-8-9(3-7(6)4-18)12(21)11-10(8)5-19-13(20-11)14(15,16)17/h2-3,5H,1H3. The van der Waals surface area contributed by atoms with Crippen LogP contribution < -0.4 is 0 Å². The van der Waals surface area contributed by atoms with Gasteiger partial charge >= 0.3 is 6.18 Å². The number of benzene rings is 1. The van der Waals surface area contributed by atoms with Crippen molar-refractivity contribution in [3.05, 3.63) is 46.5 Å². The molecule has 0 N–H and O–H groups in total. The van der Waals surface area contributed by atoms with Gasteiger partial charge in [0.05, 0.1) is 11.6 Å². The molecule has 0 amide bonds. The molecule has 7 heteroatoms. The number of aryl methyl sites for hydroxylation is 1. The van der Waals surface area contributed by atoms with Gasteiger partial charge in [-0.2, -0.15) is 18.4 Å².